The van der Waals surface area contributed by atoms with Gasteiger partial charge < -0.3 is 14.0 Å². The average Bonchev–Trinajstić information content (AvgIpc) is 2.78. The highest BCUT2D eigenvalue weighted by atomic mass is 28.4. The molecule has 0 aromatic rings. The van der Waals surface area contributed by atoms with Crippen LogP contribution in [0.5, 0.6) is 0 Å². The SMILES string of the molecule is CC[Si](CC)(CC)O[C@@H]1CC[C@@]2(C)C(=O)/C(=C/O)CC[C@H]2[C@]1(C)CCCO[Si](C)(C)C(C)(C)C. The van der Waals surface area contributed by atoms with Gasteiger partial charge in [-0.05, 0) is 86.1 Å². The number of hydrogen-bond donors (Lipinski definition) is 1. The van der Waals surface area contributed by atoms with Crippen molar-refractivity contribution >= 4 is 22.4 Å². The lowest BCUT2D eigenvalue weighted by Gasteiger charge is -2.58. The van der Waals surface area contributed by atoms with Crippen molar-refractivity contribution in [1.82, 2.24) is 0 Å². The van der Waals surface area contributed by atoms with Crippen molar-refractivity contribution in [2.24, 2.45) is 16.7 Å². The Morgan fingerprint density at radius 2 is 1.68 bits per heavy atom. The van der Waals surface area contributed by atoms with Crippen LogP contribution in [0.25, 0.3) is 0 Å². The molecular weight excluding hydrogens is 456 g/mol. The first-order valence-electron chi connectivity index (χ1n) is 13.9. The van der Waals surface area contributed by atoms with Gasteiger partial charge in [-0.15, -0.1) is 0 Å². The zero-order valence-electron chi connectivity index (χ0n) is 24.0. The van der Waals surface area contributed by atoms with Crippen LogP contribution in [0.3, 0.4) is 0 Å². The van der Waals surface area contributed by atoms with Gasteiger partial charge in [-0.3, -0.25) is 4.79 Å². The van der Waals surface area contributed by atoms with Gasteiger partial charge in [0.05, 0.1) is 12.4 Å². The van der Waals surface area contributed by atoms with Gasteiger partial charge in [-0.25, -0.2) is 0 Å². The fraction of sp³-hybridized carbons (Fsp3) is 0.893. The standard InChI is InChI=1S/C28H54O4Si2/c1-11-34(12-2,13-3)32-24-17-19-28(8)23(16-15-22(21-29)25(28)30)27(24,7)18-14-20-31-33(9,10)26(4,5)6/h21,23-24,29H,11-20H2,1-10H3/b22-21+/t23-,24+,27-,28+/m0/s1. The summed E-state index contributed by atoms with van der Waals surface area (Å²) in [6.45, 7) is 23.8. The van der Waals surface area contributed by atoms with Crippen LogP contribution in [0.1, 0.15) is 93.9 Å². The van der Waals surface area contributed by atoms with E-state index < -0.39 is 22.0 Å². The van der Waals surface area contributed by atoms with Crippen molar-refractivity contribution in [2.45, 2.75) is 136 Å². The maximum Gasteiger partial charge on any atom is 0.192 e. The Hall–Kier alpha value is -0.436. The molecule has 198 valence electrons. The van der Waals surface area contributed by atoms with Crippen molar-refractivity contribution in [2.75, 3.05) is 6.61 Å². The summed E-state index contributed by atoms with van der Waals surface area (Å²) < 4.78 is 13.8. The van der Waals surface area contributed by atoms with Crippen LogP contribution >= 0.6 is 0 Å². The summed E-state index contributed by atoms with van der Waals surface area (Å²) in [5, 5.41) is 9.91. The molecule has 2 aliphatic rings. The number of hydrogen-bond acceptors (Lipinski definition) is 4. The molecule has 0 saturated heterocycles. The van der Waals surface area contributed by atoms with Gasteiger partial charge in [-0.1, -0.05) is 55.4 Å². The highest BCUT2D eigenvalue weighted by molar-refractivity contribution is 6.74. The van der Waals surface area contributed by atoms with E-state index in [-0.39, 0.29) is 28.3 Å². The summed E-state index contributed by atoms with van der Waals surface area (Å²) in [5.74, 6) is 0.443. The zero-order chi connectivity index (χ0) is 26.0. The van der Waals surface area contributed by atoms with Crippen molar-refractivity contribution in [3.05, 3.63) is 11.8 Å². The second-order valence-electron chi connectivity index (χ2n) is 13.1. The molecular formula is C28H54O4Si2. The van der Waals surface area contributed by atoms with E-state index in [1.807, 2.05) is 0 Å². The van der Waals surface area contributed by atoms with E-state index in [9.17, 15) is 9.90 Å². The summed E-state index contributed by atoms with van der Waals surface area (Å²) in [4.78, 5) is 13.5. The van der Waals surface area contributed by atoms with Crippen molar-refractivity contribution in [3.8, 4) is 0 Å². The number of aliphatic hydroxyl groups is 1. The number of ketones is 1. The first-order chi connectivity index (χ1) is 15.7. The molecule has 0 aromatic carbocycles. The molecule has 0 aromatic heterocycles. The Morgan fingerprint density at radius 1 is 1.09 bits per heavy atom. The van der Waals surface area contributed by atoms with E-state index >= 15 is 0 Å². The number of carbonyl (C=O) groups is 1. The number of fused-ring (bicyclic) bond motifs is 1. The minimum absolute atomic E-state index is 0.0573. The van der Waals surface area contributed by atoms with Gasteiger partial charge >= 0.3 is 0 Å². The van der Waals surface area contributed by atoms with E-state index in [1.54, 1.807) is 0 Å². The molecule has 1 N–H and O–H groups in total. The van der Waals surface area contributed by atoms with Gasteiger partial charge in [0.25, 0.3) is 0 Å². The maximum atomic E-state index is 13.5. The van der Waals surface area contributed by atoms with Crippen molar-refractivity contribution < 1.29 is 18.8 Å². The minimum Gasteiger partial charge on any atom is -0.515 e. The van der Waals surface area contributed by atoms with Gasteiger partial charge in [0.15, 0.2) is 22.4 Å². The molecule has 0 unspecified atom stereocenters. The monoisotopic (exact) mass is 510 g/mol. The highest BCUT2D eigenvalue weighted by Gasteiger charge is 2.59. The van der Waals surface area contributed by atoms with Crippen molar-refractivity contribution in [3.63, 3.8) is 0 Å². The molecule has 2 aliphatic carbocycles. The predicted molar refractivity (Wildman–Crippen MR) is 148 cm³/mol. The zero-order valence-corrected chi connectivity index (χ0v) is 26.0. The topological polar surface area (TPSA) is 55.8 Å². The minimum atomic E-state index is -1.78. The van der Waals surface area contributed by atoms with Crippen molar-refractivity contribution in [1.29, 1.82) is 0 Å². The van der Waals surface area contributed by atoms with E-state index in [1.165, 1.54) is 0 Å². The van der Waals surface area contributed by atoms with Gasteiger partial charge in [0.2, 0.25) is 0 Å². The molecule has 0 bridgehead atoms. The molecule has 0 spiro atoms. The first-order valence-corrected chi connectivity index (χ1v) is 19.3. The van der Waals surface area contributed by atoms with E-state index in [2.05, 4.69) is 68.5 Å². The molecule has 0 amide bonds. The van der Waals surface area contributed by atoms with Gasteiger partial charge in [-0.2, -0.15) is 0 Å². The number of allylic oxidation sites excluding steroid dienone is 1. The van der Waals surface area contributed by atoms with Crippen LogP contribution in [0.2, 0.25) is 36.3 Å². The summed E-state index contributed by atoms with van der Waals surface area (Å²) in [6, 6.07) is 3.46. The van der Waals surface area contributed by atoms with Gasteiger partial charge in [0, 0.05) is 17.6 Å². The number of rotatable bonds is 10. The molecule has 2 rings (SSSR count). The molecule has 0 radical (unpaired) electrons. The Labute approximate surface area is 212 Å². The van der Waals surface area contributed by atoms with Crippen LogP contribution in [-0.4, -0.2) is 40.2 Å². The molecule has 34 heavy (non-hydrogen) atoms. The Bertz CT molecular complexity index is 729. The number of Topliss-reactive ketones (excluding diaryl/α,β-unsaturated/α-hetero) is 1. The van der Waals surface area contributed by atoms with Crippen LogP contribution in [0.4, 0.5) is 0 Å². The summed E-state index contributed by atoms with van der Waals surface area (Å²) in [5.41, 5.74) is 0.149. The van der Waals surface area contributed by atoms with Gasteiger partial charge in [0.1, 0.15) is 0 Å². The number of aliphatic hydroxyl groups excluding tert-OH is 1. The largest absolute Gasteiger partial charge is 0.515 e. The number of carbonyl (C=O) groups excluding carboxylic acids is 1. The van der Waals surface area contributed by atoms with E-state index in [0.717, 1.165) is 63.1 Å². The lowest BCUT2D eigenvalue weighted by atomic mass is 9.48. The maximum absolute atomic E-state index is 13.5. The van der Waals surface area contributed by atoms with E-state index in [0.29, 0.717) is 12.0 Å². The summed E-state index contributed by atoms with van der Waals surface area (Å²) in [7, 11) is -3.55. The lowest BCUT2D eigenvalue weighted by molar-refractivity contribution is -0.151. The predicted octanol–water partition coefficient (Wildman–Crippen LogP) is 8.41. The highest BCUT2D eigenvalue weighted by Crippen LogP contribution is 2.60. The fourth-order valence-electron chi connectivity index (χ4n) is 6.54. The van der Waals surface area contributed by atoms with E-state index in [4.69, 9.17) is 8.85 Å². The third kappa shape index (κ3) is 5.60. The third-order valence-electron chi connectivity index (χ3n) is 10.3. The quantitative estimate of drug-likeness (QED) is 0.139. The Morgan fingerprint density at radius 3 is 2.18 bits per heavy atom. The Kier molecular flexibility index (Phi) is 9.55. The molecule has 4 nitrogen and oxygen atoms in total. The first kappa shape index (κ1) is 29.8. The molecule has 2 fully saturated rings. The lowest BCUT2D eigenvalue weighted by Crippen LogP contribution is -2.59. The molecule has 2 saturated carbocycles. The molecule has 6 heteroatoms. The fourth-order valence-corrected chi connectivity index (χ4v) is 10.6. The summed E-state index contributed by atoms with van der Waals surface area (Å²) in [6.07, 6.45) is 6.73. The average molecular weight is 511 g/mol. The Balaban J connectivity index is 2.32. The van der Waals surface area contributed by atoms with Crippen LogP contribution in [0, 0.1) is 16.7 Å². The third-order valence-corrected chi connectivity index (χ3v) is 19.5. The van der Waals surface area contributed by atoms with Crippen LogP contribution in [0.15, 0.2) is 11.8 Å². The second kappa shape index (κ2) is 10.9. The molecule has 0 aliphatic heterocycles. The second-order valence-corrected chi connectivity index (χ2v) is 22.6. The normalized spacial score (nSPS) is 32.2. The van der Waals surface area contributed by atoms with Crippen LogP contribution in [-0.2, 0) is 13.6 Å². The summed E-state index contributed by atoms with van der Waals surface area (Å²) >= 11 is 0. The van der Waals surface area contributed by atoms with Crippen LogP contribution < -0.4 is 0 Å². The molecule has 0 heterocycles. The molecule has 4 atom stereocenters. The smallest absolute Gasteiger partial charge is 0.192 e.